The normalized spacial score (nSPS) is 11.0. The molecule has 0 saturated heterocycles. The van der Waals surface area contributed by atoms with Crippen LogP contribution in [0.5, 0.6) is 0 Å². The Morgan fingerprint density at radius 2 is 1.90 bits per heavy atom. The molecule has 0 aliphatic heterocycles. The minimum atomic E-state index is -0.283. The number of nitrogens with zero attached hydrogens (tertiary/aromatic N) is 2. The zero-order valence-electron chi connectivity index (χ0n) is 17.4. The van der Waals surface area contributed by atoms with Crippen LogP contribution in [-0.2, 0) is 11.3 Å². The second-order valence-electron chi connectivity index (χ2n) is 6.99. The molecular weight excluding hydrogens is 380 g/mol. The van der Waals surface area contributed by atoms with Crippen molar-refractivity contribution in [1.82, 2.24) is 9.78 Å². The molecular formula is C23H26N4O3. The van der Waals surface area contributed by atoms with Crippen molar-refractivity contribution in [3.05, 3.63) is 71.4 Å². The lowest BCUT2D eigenvalue weighted by atomic mass is 10.2. The van der Waals surface area contributed by atoms with Crippen LogP contribution in [0.3, 0.4) is 0 Å². The summed E-state index contributed by atoms with van der Waals surface area (Å²) in [5.41, 5.74) is 3.59. The number of benzene rings is 1. The van der Waals surface area contributed by atoms with E-state index >= 15 is 0 Å². The Morgan fingerprint density at radius 1 is 1.13 bits per heavy atom. The van der Waals surface area contributed by atoms with Gasteiger partial charge in [0, 0.05) is 23.9 Å². The number of unbranched alkanes of at least 4 members (excludes halogenated alkanes) is 1. The van der Waals surface area contributed by atoms with Crippen molar-refractivity contribution < 1.29 is 14.0 Å². The minimum absolute atomic E-state index is 0.216. The van der Waals surface area contributed by atoms with E-state index in [2.05, 4.69) is 22.7 Å². The van der Waals surface area contributed by atoms with E-state index in [1.807, 2.05) is 18.5 Å². The Hall–Kier alpha value is -3.61. The largest absolute Gasteiger partial charge is 0.465 e. The average Bonchev–Trinajstić information content (AvgIpc) is 3.35. The van der Waals surface area contributed by atoms with Gasteiger partial charge < -0.3 is 15.1 Å². The molecule has 156 valence electrons. The summed E-state index contributed by atoms with van der Waals surface area (Å²) in [4.78, 5) is 24.6. The van der Waals surface area contributed by atoms with Crippen LogP contribution >= 0.6 is 0 Å². The van der Waals surface area contributed by atoms with E-state index in [4.69, 9.17) is 4.42 Å². The molecule has 0 spiro atoms. The number of rotatable bonds is 8. The Labute approximate surface area is 175 Å². The minimum Gasteiger partial charge on any atom is -0.465 e. The van der Waals surface area contributed by atoms with Gasteiger partial charge in [0.15, 0.2) is 0 Å². The third-order valence-corrected chi connectivity index (χ3v) is 4.70. The monoisotopic (exact) mass is 406 g/mol. The van der Waals surface area contributed by atoms with Gasteiger partial charge in [0.05, 0.1) is 23.3 Å². The number of aromatic nitrogens is 2. The molecule has 30 heavy (non-hydrogen) atoms. The second kappa shape index (κ2) is 9.73. The number of nitrogens with one attached hydrogen (secondary N) is 2. The quantitative estimate of drug-likeness (QED) is 0.526. The van der Waals surface area contributed by atoms with Crippen molar-refractivity contribution in [1.29, 1.82) is 0 Å². The Kier molecular flexibility index (Phi) is 6.85. The third kappa shape index (κ3) is 5.26. The zero-order chi connectivity index (χ0) is 21.5. The highest BCUT2D eigenvalue weighted by atomic mass is 16.3. The molecule has 0 aliphatic carbocycles. The SMILES string of the molecule is CCCCn1nc(C)c(NC(=O)c2ccc(NC(=O)/C=C/c3ccco3)cc2)c1C. The van der Waals surface area contributed by atoms with E-state index in [0.29, 0.717) is 17.0 Å². The maximum absolute atomic E-state index is 12.7. The van der Waals surface area contributed by atoms with Crippen LogP contribution in [0, 0.1) is 13.8 Å². The fraction of sp³-hybridized carbons (Fsp3) is 0.261. The number of aryl methyl sites for hydroxylation is 2. The summed E-state index contributed by atoms with van der Waals surface area (Å²) in [7, 11) is 0. The van der Waals surface area contributed by atoms with Gasteiger partial charge in [-0.05, 0) is 62.7 Å². The second-order valence-corrected chi connectivity index (χ2v) is 6.99. The van der Waals surface area contributed by atoms with E-state index in [1.54, 1.807) is 48.7 Å². The summed E-state index contributed by atoms with van der Waals surface area (Å²) < 4.78 is 7.08. The molecule has 2 amide bonds. The van der Waals surface area contributed by atoms with E-state index in [1.165, 1.54) is 6.08 Å². The first kappa shape index (κ1) is 21.1. The number of carbonyl (C=O) groups is 2. The summed E-state index contributed by atoms with van der Waals surface area (Å²) in [5.74, 6) is 0.0990. The van der Waals surface area contributed by atoms with E-state index in [-0.39, 0.29) is 11.8 Å². The van der Waals surface area contributed by atoms with Crippen molar-refractivity contribution >= 4 is 29.3 Å². The van der Waals surface area contributed by atoms with Crippen LogP contribution in [0.4, 0.5) is 11.4 Å². The first-order valence-corrected chi connectivity index (χ1v) is 9.96. The van der Waals surface area contributed by atoms with Gasteiger partial charge in [-0.2, -0.15) is 5.10 Å². The summed E-state index contributed by atoms with van der Waals surface area (Å²) in [6, 6.07) is 10.2. The van der Waals surface area contributed by atoms with Crippen molar-refractivity contribution in [2.24, 2.45) is 0 Å². The van der Waals surface area contributed by atoms with E-state index in [0.717, 1.165) is 36.5 Å². The number of furan rings is 1. The molecule has 0 bridgehead atoms. The lowest BCUT2D eigenvalue weighted by molar-refractivity contribution is -0.111. The van der Waals surface area contributed by atoms with Gasteiger partial charge in [-0.25, -0.2) is 0 Å². The number of amides is 2. The zero-order valence-corrected chi connectivity index (χ0v) is 17.4. The number of hydrogen-bond donors (Lipinski definition) is 2. The van der Waals surface area contributed by atoms with E-state index in [9.17, 15) is 9.59 Å². The van der Waals surface area contributed by atoms with Gasteiger partial charge >= 0.3 is 0 Å². The third-order valence-electron chi connectivity index (χ3n) is 4.70. The number of carbonyl (C=O) groups excluding carboxylic acids is 2. The summed E-state index contributed by atoms with van der Waals surface area (Å²) >= 11 is 0. The molecule has 0 radical (unpaired) electrons. The lowest BCUT2D eigenvalue weighted by Gasteiger charge is -2.08. The summed E-state index contributed by atoms with van der Waals surface area (Å²) in [6.45, 7) is 6.82. The maximum Gasteiger partial charge on any atom is 0.255 e. The van der Waals surface area contributed by atoms with Crippen LogP contribution in [0.2, 0.25) is 0 Å². The molecule has 0 saturated carbocycles. The van der Waals surface area contributed by atoms with Crippen molar-refractivity contribution in [3.8, 4) is 0 Å². The molecule has 0 aliphatic rings. The molecule has 0 fully saturated rings. The van der Waals surface area contributed by atoms with Gasteiger partial charge in [0.25, 0.3) is 5.91 Å². The molecule has 3 aromatic rings. The van der Waals surface area contributed by atoms with Crippen LogP contribution in [-0.4, -0.2) is 21.6 Å². The molecule has 7 heteroatoms. The average molecular weight is 406 g/mol. The van der Waals surface area contributed by atoms with Crippen molar-refractivity contribution in [2.45, 2.75) is 40.2 Å². The lowest BCUT2D eigenvalue weighted by Crippen LogP contribution is -2.14. The molecule has 2 aromatic heterocycles. The first-order valence-electron chi connectivity index (χ1n) is 9.96. The van der Waals surface area contributed by atoms with Crippen molar-refractivity contribution in [2.75, 3.05) is 10.6 Å². The van der Waals surface area contributed by atoms with Gasteiger partial charge in [0.2, 0.25) is 5.91 Å². The number of hydrogen-bond acceptors (Lipinski definition) is 4. The molecule has 2 N–H and O–H groups in total. The molecule has 1 aromatic carbocycles. The molecule has 2 heterocycles. The highest BCUT2D eigenvalue weighted by Gasteiger charge is 2.15. The van der Waals surface area contributed by atoms with Crippen molar-refractivity contribution in [3.63, 3.8) is 0 Å². The van der Waals surface area contributed by atoms with Gasteiger partial charge in [-0.15, -0.1) is 0 Å². The first-order chi connectivity index (χ1) is 14.5. The Balaban J connectivity index is 1.61. The summed E-state index contributed by atoms with van der Waals surface area (Å²) in [5, 5.41) is 10.2. The highest BCUT2D eigenvalue weighted by Crippen LogP contribution is 2.21. The fourth-order valence-corrected chi connectivity index (χ4v) is 3.02. The number of anilines is 2. The molecule has 0 atom stereocenters. The molecule has 7 nitrogen and oxygen atoms in total. The predicted molar refractivity (Wildman–Crippen MR) is 117 cm³/mol. The maximum atomic E-state index is 12.7. The molecule has 3 rings (SSSR count). The molecule has 0 unspecified atom stereocenters. The van der Waals surface area contributed by atoms with Gasteiger partial charge in [-0.3, -0.25) is 14.3 Å². The van der Waals surface area contributed by atoms with Crippen LogP contribution < -0.4 is 10.6 Å². The standard InChI is InChI=1S/C23H26N4O3/c1-4-5-14-27-17(3)22(16(2)26-27)25-23(29)18-8-10-19(11-9-18)24-21(28)13-12-20-7-6-15-30-20/h6-13,15H,4-5,14H2,1-3H3,(H,24,28)(H,25,29)/b13-12+. The van der Waals surface area contributed by atoms with Gasteiger partial charge in [0.1, 0.15) is 5.76 Å². The highest BCUT2D eigenvalue weighted by molar-refractivity contribution is 6.06. The van der Waals surface area contributed by atoms with Crippen LogP contribution in [0.1, 0.15) is 47.3 Å². The summed E-state index contributed by atoms with van der Waals surface area (Å²) in [6.07, 6.45) is 6.64. The fourth-order valence-electron chi connectivity index (χ4n) is 3.02. The Bertz CT molecular complexity index is 1030. The van der Waals surface area contributed by atoms with E-state index < -0.39 is 0 Å². The van der Waals surface area contributed by atoms with Crippen LogP contribution in [0.15, 0.2) is 53.2 Å². The van der Waals surface area contributed by atoms with Crippen LogP contribution in [0.25, 0.3) is 6.08 Å². The predicted octanol–water partition coefficient (Wildman–Crippen LogP) is 4.80. The topological polar surface area (TPSA) is 89.2 Å². The Morgan fingerprint density at radius 3 is 2.57 bits per heavy atom. The smallest absolute Gasteiger partial charge is 0.255 e. The van der Waals surface area contributed by atoms with Gasteiger partial charge in [-0.1, -0.05) is 13.3 Å².